The molecular formula is C23H31ClN4O. The summed E-state index contributed by atoms with van der Waals surface area (Å²) in [4.78, 5) is 17.0. The van der Waals surface area contributed by atoms with Crippen LogP contribution in [0.1, 0.15) is 23.1 Å². The Morgan fingerprint density at radius 3 is 2.48 bits per heavy atom. The highest BCUT2D eigenvalue weighted by atomic mass is 35.5. The van der Waals surface area contributed by atoms with Crippen LogP contribution in [0.4, 0.5) is 16.2 Å². The van der Waals surface area contributed by atoms with Crippen LogP contribution < -0.4 is 15.5 Å². The molecule has 0 bridgehead atoms. The van der Waals surface area contributed by atoms with Crippen LogP contribution in [0.15, 0.2) is 36.4 Å². The van der Waals surface area contributed by atoms with E-state index in [1.54, 1.807) is 0 Å². The van der Waals surface area contributed by atoms with E-state index in [-0.39, 0.29) is 6.03 Å². The molecule has 6 heteroatoms. The van der Waals surface area contributed by atoms with Crippen molar-refractivity contribution in [2.24, 2.45) is 0 Å². The number of carbonyl (C=O) groups excluding carboxylic acids is 1. The largest absolute Gasteiger partial charge is 0.369 e. The molecule has 1 heterocycles. The van der Waals surface area contributed by atoms with Crippen LogP contribution in [0.3, 0.4) is 0 Å². The molecule has 1 aliphatic heterocycles. The predicted octanol–water partition coefficient (Wildman–Crippen LogP) is 4.60. The lowest BCUT2D eigenvalue weighted by molar-refractivity contribution is 0.244. The number of carbonyl (C=O) groups is 1. The first-order valence-electron chi connectivity index (χ1n) is 10.3. The van der Waals surface area contributed by atoms with E-state index in [2.05, 4.69) is 39.5 Å². The normalized spacial score (nSPS) is 14.7. The van der Waals surface area contributed by atoms with Crippen molar-refractivity contribution in [1.29, 1.82) is 0 Å². The highest BCUT2D eigenvalue weighted by molar-refractivity contribution is 6.30. The zero-order valence-electron chi connectivity index (χ0n) is 17.6. The van der Waals surface area contributed by atoms with E-state index >= 15 is 0 Å². The molecule has 0 atom stereocenters. The third-order valence-corrected chi connectivity index (χ3v) is 5.70. The zero-order valence-corrected chi connectivity index (χ0v) is 18.4. The van der Waals surface area contributed by atoms with E-state index in [0.29, 0.717) is 6.54 Å². The van der Waals surface area contributed by atoms with Crippen LogP contribution in [0.25, 0.3) is 0 Å². The quantitative estimate of drug-likeness (QED) is 0.679. The second-order valence-corrected chi connectivity index (χ2v) is 8.25. The molecule has 0 spiro atoms. The van der Waals surface area contributed by atoms with E-state index in [1.807, 2.05) is 38.1 Å². The van der Waals surface area contributed by atoms with Crippen molar-refractivity contribution in [2.45, 2.75) is 27.2 Å². The number of piperazine rings is 1. The van der Waals surface area contributed by atoms with Gasteiger partial charge in [-0.05, 0) is 68.6 Å². The van der Waals surface area contributed by atoms with Crippen LogP contribution in [-0.2, 0) is 0 Å². The summed E-state index contributed by atoms with van der Waals surface area (Å²) < 4.78 is 0. The predicted molar refractivity (Wildman–Crippen MR) is 122 cm³/mol. The lowest BCUT2D eigenvalue weighted by Crippen LogP contribution is -2.47. The summed E-state index contributed by atoms with van der Waals surface area (Å²) in [6.45, 7) is 11.9. The van der Waals surface area contributed by atoms with Crippen molar-refractivity contribution >= 4 is 29.0 Å². The van der Waals surface area contributed by atoms with Crippen molar-refractivity contribution in [3.63, 3.8) is 0 Å². The second-order valence-electron chi connectivity index (χ2n) is 7.81. The Bertz CT molecular complexity index is 847. The summed E-state index contributed by atoms with van der Waals surface area (Å²) in [7, 11) is 0. The Hall–Kier alpha value is -2.24. The van der Waals surface area contributed by atoms with Gasteiger partial charge in [0.15, 0.2) is 0 Å². The minimum atomic E-state index is -0.139. The molecule has 0 saturated carbocycles. The van der Waals surface area contributed by atoms with Crippen LogP contribution in [0.2, 0.25) is 5.02 Å². The molecule has 2 aromatic rings. The van der Waals surface area contributed by atoms with Gasteiger partial charge in [-0.1, -0.05) is 29.8 Å². The van der Waals surface area contributed by atoms with E-state index in [1.165, 1.54) is 11.3 Å². The van der Waals surface area contributed by atoms with Crippen molar-refractivity contribution in [3.8, 4) is 0 Å². The Balaban J connectivity index is 1.36. The minimum absolute atomic E-state index is 0.139. The van der Waals surface area contributed by atoms with Crippen LogP contribution in [-0.4, -0.2) is 50.2 Å². The van der Waals surface area contributed by atoms with Crippen molar-refractivity contribution in [2.75, 3.05) is 49.5 Å². The van der Waals surface area contributed by atoms with Crippen LogP contribution >= 0.6 is 11.6 Å². The minimum Gasteiger partial charge on any atom is -0.369 e. The molecule has 2 amide bonds. The van der Waals surface area contributed by atoms with E-state index < -0.39 is 0 Å². The molecule has 2 aromatic carbocycles. The van der Waals surface area contributed by atoms with Crippen molar-refractivity contribution in [3.05, 3.63) is 58.1 Å². The van der Waals surface area contributed by atoms with E-state index in [4.69, 9.17) is 11.6 Å². The summed E-state index contributed by atoms with van der Waals surface area (Å²) in [6.07, 6.45) is 0.941. The van der Waals surface area contributed by atoms with Crippen LogP contribution in [0.5, 0.6) is 0 Å². The third kappa shape index (κ3) is 6.12. The fourth-order valence-corrected chi connectivity index (χ4v) is 3.84. The number of hydrogen-bond acceptors (Lipinski definition) is 3. The Labute approximate surface area is 179 Å². The third-order valence-electron chi connectivity index (χ3n) is 5.46. The fourth-order valence-electron chi connectivity index (χ4n) is 3.68. The van der Waals surface area contributed by atoms with E-state index in [9.17, 15) is 4.79 Å². The summed E-state index contributed by atoms with van der Waals surface area (Å²) in [5, 5.41) is 6.70. The van der Waals surface area contributed by atoms with Crippen LogP contribution in [0, 0.1) is 20.8 Å². The lowest BCUT2D eigenvalue weighted by Gasteiger charge is -2.37. The Kier molecular flexibility index (Phi) is 7.40. The van der Waals surface area contributed by atoms with Gasteiger partial charge < -0.3 is 15.5 Å². The second kappa shape index (κ2) is 9.99. The number of rotatable bonds is 6. The molecule has 1 aliphatic rings. The average molecular weight is 415 g/mol. The number of urea groups is 1. The van der Waals surface area contributed by atoms with Crippen molar-refractivity contribution in [1.82, 2.24) is 10.2 Å². The number of anilines is 2. The summed E-state index contributed by atoms with van der Waals surface area (Å²) >= 11 is 6.17. The number of aryl methyl sites for hydroxylation is 3. The average Bonchev–Trinajstić information content (AvgIpc) is 2.70. The molecule has 3 rings (SSSR count). The standard InChI is InChI=1S/C23H31ClN4O/c1-17-5-6-18(2)21(15-17)26-23(29)25-9-4-10-27-11-13-28(14-12-27)22-16-20(24)8-7-19(22)3/h5-8,15-16H,4,9-14H2,1-3H3,(H2,25,26,29). The maximum Gasteiger partial charge on any atom is 0.319 e. The van der Waals surface area contributed by atoms with Gasteiger partial charge in [-0.3, -0.25) is 4.90 Å². The molecular weight excluding hydrogens is 384 g/mol. The first-order valence-corrected chi connectivity index (χ1v) is 10.7. The van der Waals surface area contributed by atoms with Crippen molar-refractivity contribution < 1.29 is 4.79 Å². The maximum atomic E-state index is 12.1. The molecule has 0 unspecified atom stereocenters. The van der Waals surface area contributed by atoms with Gasteiger partial charge in [-0.2, -0.15) is 0 Å². The first kappa shape index (κ1) is 21.5. The fraction of sp³-hybridized carbons (Fsp3) is 0.435. The number of amides is 2. The monoisotopic (exact) mass is 414 g/mol. The highest BCUT2D eigenvalue weighted by Crippen LogP contribution is 2.25. The zero-order chi connectivity index (χ0) is 20.8. The van der Waals surface area contributed by atoms with Gasteiger partial charge >= 0.3 is 6.03 Å². The summed E-state index contributed by atoms with van der Waals surface area (Å²) in [5.74, 6) is 0. The molecule has 0 aliphatic carbocycles. The number of hydrogen-bond donors (Lipinski definition) is 2. The summed E-state index contributed by atoms with van der Waals surface area (Å²) in [6, 6.07) is 12.0. The Morgan fingerprint density at radius 2 is 1.72 bits per heavy atom. The molecule has 0 aromatic heterocycles. The molecule has 5 nitrogen and oxygen atoms in total. The van der Waals surface area contributed by atoms with Gasteiger partial charge in [-0.15, -0.1) is 0 Å². The summed E-state index contributed by atoms with van der Waals surface area (Å²) in [5.41, 5.74) is 5.58. The van der Waals surface area contributed by atoms with E-state index in [0.717, 1.165) is 61.0 Å². The molecule has 1 fully saturated rings. The maximum absolute atomic E-state index is 12.1. The Morgan fingerprint density at radius 1 is 1.00 bits per heavy atom. The van der Waals surface area contributed by atoms with Gasteiger partial charge in [0.05, 0.1) is 0 Å². The smallest absolute Gasteiger partial charge is 0.319 e. The number of halogens is 1. The highest BCUT2D eigenvalue weighted by Gasteiger charge is 2.18. The molecule has 156 valence electrons. The van der Waals surface area contributed by atoms with Gasteiger partial charge in [0.25, 0.3) is 0 Å². The lowest BCUT2D eigenvalue weighted by atomic mass is 10.1. The number of benzene rings is 2. The molecule has 0 radical (unpaired) electrons. The molecule has 1 saturated heterocycles. The van der Waals surface area contributed by atoms with Gasteiger partial charge in [0, 0.05) is 49.1 Å². The topological polar surface area (TPSA) is 47.6 Å². The first-order chi connectivity index (χ1) is 13.9. The van der Waals surface area contributed by atoms with Gasteiger partial charge in [0.1, 0.15) is 0 Å². The SMILES string of the molecule is Cc1ccc(C)c(NC(=O)NCCCN2CCN(c3cc(Cl)ccc3C)CC2)c1. The van der Waals surface area contributed by atoms with Gasteiger partial charge in [0.2, 0.25) is 0 Å². The number of nitrogens with zero attached hydrogens (tertiary/aromatic N) is 2. The number of nitrogens with one attached hydrogen (secondary N) is 2. The molecule has 29 heavy (non-hydrogen) atoms. The van der Waals surface area contributed by atoms with Gasteiger partial charge in [-0.25, -0.2) is 4.79 Å². The molecule has 2 N–H and O–H groups in total.